The number of carboxylic acids is 1. The molecule has 0 fully saturated rings. The summed E-state index contributed by atoms with van der Waals surface area (Å²) in [6.07, 6.45) is 1.56. The topological polar surface area (TPSA) is 77.2 Å². The second-order valence-electron chi connectivity index (χ2n) is 5.92. The summed E-state index contributed by atoms with van der Waals surface area (Å²) in [5, 5.41) is 18.1. The summed E-state index contributed by atoms with van der Waals surface area (Å²) in [7, 11) is 0. The molecule has 3 aromatic rings. The number of thioether (sulfide) groups is 1. The third-order valence-corrected chi connectivity index (χ3v) is 4.71. The third-order valence-electron chi connectivity index (χ3n) is 3.80. The predicted octanol–water partition coefficient (Wildman–Crippen LogP) is 3.82. The largest absolute Gasteiger partial charge is 0.494 e. The number of carboxylic acid groups (broad SMARTS) is 1. The van der Waals surface area contributed by atoms with Crippen molar-refractivity contribution >= 4 is 17.7 Å². The van der Waals surface area contributed by atoms with Gasteiger partial charge < -0.3 is 9.84 Å². The molecular formula is C20H21N3O3S. The summed E-state index contributed by atoms with van der Waals surface area (Å²) in [6, 6.07) is 17.7. The van der Waals surface area contributed by atoms with Crippen LogP contribution in [-0.4, -0.2) is 38.2 Å². The van der Waals surface area contributed by atoms with Crippen molar-refractivity contribution in [1.82, 2.24) is 14.8 Å². The molecule has 6 nitrogen and oxygen atoms in total. The van der Waals surface area contributed by atoms with Crippen LogP contribution in [0.25, 0.3) is 5.69 Å². The second kappa shape index (κ2) is 9.23. The van der Waals surface area contributed by atoms with Crippen LogP contribution in [0, 0.1) is 0 Å². The van der Waals surface area contributed by atoms with Gasteiger partial charge in [-0.3, -0.25) is 9.36 Å². The number of nitrogens with zero attached hydrogens (tertiary/aromatic N) is 3. The summed E-state index contributed by atoms with van der Waals surface area (Å²) < 4.78 is 7.53. The number of aliphatic carboxylic acids is 1. The molecule has 27 heavy (non-hydrogen) atoms. The van der Waals surface area contributed by atoms with Gasteiger partial charge in [0.2, 0.25) is 0 Å². The summed E-state index contributed by atoms with van der Waals surface area (Å²) in [6.45, 7) is 2.77. The van der Waals surface area contributed by atoms with E-state index < -0.39 is 5.97 Å². The molecule has 0 saturated carbocycles. The van der Waals surface area contributed by atoms with E-state index in [1.54, 1.807) is 0 Å². The van der Waals surface area contributed by atoms with Gasteiger partial charge in [-0.1, -0.05) is 49.0 Å². The normalized spacial score (nSPS) is 10.7. The summed E-state index contributed by atoms with van der Waals surface area (Å²) >= 11 is 1.16. The average Bonchev–Trinajstić information content (AvgIpc) is 3.09. The second-order valence-corrected chi connectivity index (χ2v) is 6.86. The maximum absolute atomic E-state index is 10.9. The quantitative estimate of drug-likeness (QED) is 0.566. The lowest BCUT2D eigenvalue weighted by Gasteiger charge is -2.10. The van der Waals surface area contributed by atoms with Gasteiger partial charge in [0.1, 0.15) is 11.6 Å². The Morgan fingerprint density at radius 1 is 1.11 bits per heavy atom. The Balaban J connectivity index is 1.85. The van der Waals surface area contributed by atoms with Crippen molar-refractivity contribution in [2.75, 3.05) is 12.4 Å². The van der Waals surface area contributed by atoms with Gasteiger partial charge in [-0.15, -0.1) is 10.2 Å². The monoisotopic (exact) mass is 383 g/mol. The van der Waals surface area contributed by atoms with Crippen molar-refractivity contribution in [1.29, 1.82) is 0 Å². The van der Waals surface area contributed by atoms with E-state index in [0.29, 0.717) is 18.2 Å². The molecule has 0 unspecified atom stereocenters. The molecule has 1 heterocycles. The molecule has 0 aliphatic rings. The molecule has 0 bridgehead atoms. The lowest BCUT2D eigenvalue weighted by atomic mass is 10.1. The first-order chi connectivity index (χ1) is 13.2. The molecule has 1 aromatic heterocycles. The van der Waals surface area contributed by atoms with Crippen molar-refractivity contribution < 1.29 is 14.6 Å². The fraction of sp³-hybridized carbons (Fsp3) is 0.250. The average molecular weight is 383 g/mol. The van der Waals surface area contributed by atoms with E-state index in [-0.39, 0.29) is 5.75 Å². The van der Waals surface area contributed by atoms with Crippen LogP contribution in [0.3, 0.4) is 0 Å². The fourth-order valence-corrected chi connectivity index (χ4v) is 3.27. The zero-order chi connectivity index (χ0) is 19.1. The smallest absolute Gasteiger partial charge is 0.313 e. The van der Waals surface area contributed by atoms with E-state index in [1.807, 2.05) is 59.2 Å². The molecule has 0 aliphatic heterocycles. The van der Waals surface area contributed by atoms with Crippen molar-refractivity contribution in [2.45, 2.75) is 24.9 Å². The number of benzene rings is 2. The number of ether oxygens (including phenoxy) is 1. The zero-order valence-corrected chi connectivity index (χ0v) is 15.9. The molecular weight excluding hydrogens is 362 g/mol. The summed E-state index contributed by atoms with van der Waals surface area (Å²) in [5.74, 6) is 0.667. The van der Waals surface area contributed by atoms with Gasteiger partial charge in [0.05, 0.1) is 12.4 Å². The minimum atomic E-state index is -0.883. The van der Waals surface area contributed by atoms with Gasteiger partial charge >= 0.3 is 5.97 Å². The minimum Gasteiger partial charge on any atom is -0.494 e. The molecule has 0 spiro atoms. The first kappa shape index (κ1) is 19.0. The molecule has 0 aliphatic carbocycles. The molecule has 1 N–H and O–H groups in total. The van der Waals surface area contributed by atoms with Gasteiger partial charge in [-0.05, 0) is 36.2 Å². The van der Waals surface area contributed by atoms with E-state index in [4.69, 9.17) is 9.84 Å². The van der Waals surface area contributed by atoms with Crippen LogP contribution in [-0.2, 0) is 11.2 Å². The lowest BCUT2D eigenvalue weighted by molar-refractivity contribution is -0.133. The van der Waals surface area contributed by atoms with Gasteiger partial charge in [-0.25, -0.2) is 0 Å². The van der Waals surface area contributed by atoms with Crippen LogP contribution >= 0.6 is 11.8 Å². The van der Waals surface area contributed by atoms with E-state index in [1.165, 1.54) is 0 Å². The van der Waals surface area contributed by atoms with Crippen LogP contribution in [0.15, 0.2) is 59.8 Å². The Morgan fingerprint density at radius 2 is 1.85 bits per heavy atom. The lowest BCUT2D eigenvalue weighted by Crippen LogP contribution is -2.05. The highest BCUT2D eigenvalue weighted by Gasteiger charge is 2.16. The van der Waals surface area contributed by atoms with Gasteiger partial charge in [0.15, 0.2) is 5.16 Å². The number of rotatable bonds is 9. The molecule has 3 rings (SSSR count). The molecule has 140 valence electrons. The molecule has 2 aromatic carbocycles. The minimum absolute atomic E-state index is 0.0611. The number of para-hydroxylation sites is 1. The molecule has 0 radical (unpaired) electrons. The number of aromatic nitrogens is 3. The SMILES string of the molecule is CCCOc1ccc(Cc2nnc(SCC(=O)O)n2-c2ccccc2)cc1. The highest BCUT2D eigenvalue weighted by atomic mass is 32.2. The van der Waals surface area contributed by atoms with Crippen molar-refractivity contribution in [3.8, 4) is 11.4 Å². The van der Waals surface area contributed by atoms with Crippen molar-refractivity contribution in [3.05, 3.63) is 66.0 Å². The van der Waals surface area contributed by atoms with Crippen molar-refractivity contribution in [2.24, 2.45) is 0 Å². The summed E-state index contributed by atoms with van der Waals surface area (Å²) in [5.41, 5.74) is 1.99. The van der Waals surface area contributed by atoms with E-state index >= 15 is 0 Å². The third kappa shape index (κ3) is 5.10. The molecule has 7 heteroatoms. The van der Waals surface area contributed by atoms with Gasteiger partial charge in [-0.2, -0.15) is 0 Å². The Morgan fingerprint density at radius 3 is 2.52 bits per heavy atom. The number of hydrogen-bond donors (Lipinski definition) is 1. The van der Waals surface area contributed by atoms with Gasteiger partial charge in [0.25, 0.3) is 0 Å². The maximum Gasteiger partial charge on any atom is 0.313 e. The van der Waals surface area contributed by atoms with E-state index in [9.17, 15) is 4.79 Å². The van der Waals surface area contributed by atoms with E-state index in [2.05, 4.69) is 17.1 Å². The van der Waals surface area contributed by atoms with E-state index in [0.717, 1.165) is 41.0 Å². The highest BCUT2D eigenvalue weighted by molar-refractivity contribution is 7.99. The Bertz CT molecular complexity index is 879. The summed E-state index contributed by atoms with van der Waals surface area (Å²) in [4.78, 5) is 10.9. The number of carbonyl (C=O) groups is 1. The fourth-order valence-electron chi connectivity index (χ4n) is 2.58. The first-order valence-electron chi connectivity index (χ1n) is 8.73. The van der Waals surface area contributed by atoms with Crippen LogP contribution in [0.5, 0.6) is 5.75 Å². The molecule has 0 saturated heterocycles. The van der Waals surface area contributed by atoms with Gasteiger partial charge in [0, 0.05) is 12.1 Å². The zero-order valence-electron chi connectivity index (χ0n) is 15.0. The standard InChI is InChI=1S/C20H21N3O3S/c1-2-12-26-17-10-8-15(9-11-17)13-18-21-22-20(27-14-19(24)25)23(18)16-6-4-3-5-7-16/h3-11H,2,12-14H2,1H3,(H,24,25). The van der Waals surface area contributed by atoms with Crippen LogP contribution < -0.4 is 4.74 Å². The molecule has 0 amide bonds. The Kier molecular flexibility index (Phi) is 6.49. The Hall–Kier alpha value is -2.80. The maximum atomic E-state index is 10.9. The van der Waals surface area contributed by atoms with Crippen molar-refractivity contribution in [3.63, 3.8) is 0 Å². The Labute approximate surface area is 162 Å². The highest BCUT2D eigenvalue weighted by Crippen LogP contribution is 2.24. The predicted molar refractivity (Wildman–Crippen MR) is 105 cm³/mol. The number of hydrogen-bond acceptors (Lipinski definition) is 5. The first-order valence-corrected chi connectivity index (χ1v) is 9.72. The van der Waals surface area contributed by atoms with Crippen LogP contribution in [0.4, 0.5) is 0 Å². The van der Waals surface area contributed by atoms with Crippen LogP contribution in [0.2, 0.25) is 0 Å². The van der Waals surface area contributed by atoms with Crippen LogP contribution in [0.1, 0.15) is 24.7 Å². The molecule has 0 atom stereocenters.